The van der Waals surface area contributed by atoms with Crippen LogP contribution in [-0.4, -0.2) is 18.6 Å². The molecule has 0 amide bonds. The summed E-state index contributed by atoms with van der Waals surface area (Å²) in [4.78, 5) is 10.7. The van der Waals surface area contributed by atoms with E-state index in [1.807, 2.05) is 0 Å². The van der Waals surface area contributed by atoms with Crippen LogP contribution >= 0.6 is 0 Å². The Kier molecular flexibility index (Phi) is 5.42. The van der Waals surface area contributed by atoms with E-state index in [-0.39, 0.29) is 10.6 Å². The molecule has 1 saturated carbocycles. The van der Waals surface area contributed by atoms with Gasteiger partial charge < -0.3 is 10.1 Å². The number of hydrogen-bond acceptors (Lipinski definition) is 4. The van der Waals surface area contributed by atoms with Gasteiger partial charge in [-0.25, -0.2) is 0 Å². The Morgan fingerprint density at radius 1 is 1.29 bits per heavy atom. The molecule has 2 rings (SSSR count). The standard InChI is InChI=1S/C16H24N2O3/c1-3-12-4-6-13(7-5-12)11-17-15-10-14(21-2)8-9-16(15)18(19)20/h8-10,12-13,17H,3-7,11H2,1-2H3. The Morgan fingerprint density at radius 2 is 1.95 bits per heavy atom. The van der Waals surface area contributed by atoms with Crippen molar-refractivity contribution < 1.29 is 9.66 Å². The molecule has 0 radical (unpaired) electrons. The maximum atomic E-state index is 11.1. The zero-order chi connectivity index (χ0) is 15.2. The zero-order valence-corrected chi connectivity index (χ0v) is 12.8. The molecule has 1 aromatic carbocycles. The van der Waals surface area contributed by atoms with Gasteiger partial charge in [0.05, 0.1) is 12.0 Å². The minimum Gasteiger partial charge on any atom is -0.497 e. The lowest BCUT2D eigenvalue weighted by Crippen LogP contribution is -2.21. The van der Waals surface area contributed by atoms with Gasteiger partial charge in [-0.05, 0) is 30.7 Å². The SMILES string of the molecule is CCC1CCC(CNc2cc(OC)ccc2[N+](=O)[O-])CC1. The highest BCUT2D eigenvalue weighted by Crippen LogP contribution is 2.33. The smallest absolute Gasteiger partial charge is 0.292 e. The van der Waals surface area contributed by atoms with Gasteiger partial charge in [0.2, 0.25) is 0 Å². The van der Waals surface area contributed by atoms with Gasteiger partial charge in [0.15, 0.2) is 0 Å². The number of nitro groups is 1. The second-order valence-electron chi connectivity index (χ2n) is 5.82. The highest BCUT2D eigenvalue weighted by Gasteiger charge is 2.21. The molecular formula is C16H24N2O3. The molecule has 0 spiro atoms. The Hall–Kier alpha value is -1.78. The number of nitrogens with one attached hydrogen (secondary N) is 1. The summed E-state index contributed by atoms with van der Waals surface area (Å²) in [5.41, 5.74) is 0.662. The lowest BCUT2D eigenvalue weighted by atomic mass is 9.81. The van der Waals surface area contributed by atoms with Crippen LogP contribution in [0.2, 0.25) is 0 Å². The summed E-state index contributed by atoms with van der Waals surface area (Å²) in [7, 11) is 1.57. The Balaban J connectivity index is 1.97. The Labute approximate surface area is 125 Å². The maximum Gasteiger partial charge on any atom is 0.292 e. The maximum absolute atomic E-state index is 11.1. The summed E-state index contributed by atoms with van der Waals surface area (Å²) in [5.74, 6) is 2.11. The number of rotatable bonds is 6. The van der Waals surface area contributed by atoms with E-state index in [1.54, 1.807) is 19.2 Å². The predicted molar refractivity (Wildman–Crippen MR) is 83.9 cm³/mol. The zero-order valence-electron chi connectivity index (χ0n) is 12.8. The topological polar surface area (TPSA) is 64.4 Å². The molecule has 116 valence electrons. The van der Waals surface area contributed by atoms with Gasteiger partial charge in [0, 0.05) is 18.7 Å². The van der Waals surface area contributed by atoms with Crippen molar-refractivity contribution in [3.8, 4) is 5.75 Å². The average molecular weight is 292 g/mol. The van der Waals surface area contributed by atoms with Crippen LogP contribution in [-0.2, 0) is 0 Å². The molecule has 0 saturated heterocycles. The third-order valence-electron chi connectivity index (χ3n) is 4.53. The van der Waals surface area contributed by atoms with Gasteiger partial charge in [0.1, 0.15) is 11.4 Å². The van der Waals surface area contributed by atoms with Crippen molar-refractivity contribution in [1.29, 1.82) is 0 Å². The molecule has 1 fully saturated rings. The van der Waals surface area contributed by atoms with Crippen molar-refractivity contribution in [2.45, 2.75) is 39.0 Å². The monoisotopic (exact) mass is 292 g/mol. The van der Waals surface area contributed by atoms with E-state index in [1.165, 1.54) is 38.2 Å². The van der Waals surface area contributed by atoms with Crippen molar-refractivity contribution >= 4 is 11.4 Å². The molecule has 1 aromatic rings. The van der Waals surface area contributed by atoms with E-state index in [9.17, 15) is 10.1 Å². The number of anilines is 1. The molecule has 1 N–H and O–H groups in total. The fraction of sp³-hybridized carbons (Fsp3) is 0.625. The first-order valence-corrected chi connectivity index (χ1v) is 7.70. The van der Waals surface area contributed by atoms with Crippen molar-refractivity contribution in [2.75, 3.05) is 19.0 Å². The first-order chi connectivity index (χ1) is 10.1. The summed E-state index contributed by atoms with van der Waals surface area (Å²) in [5, 5.41) is 14.3. The molecule has 5 nitrogen and oxygen atoms in total. The highest BCUT2D eigenvalue weighted by molar-refractivity contribution is 5.64. The first-order valence-electron chi connectivity index (χ1n) is 7.70. The van der Waals surface area contributed by atoms with Crippen molar-refractivity contribution in [1.82, 2.24) is 0 Å². The second kappa shape index (κ2) is 7.29. The van der Waals surface area contributed by atoms with E-state index in [0.717, 1.165) is 12.5 Å². The minimum atomic E-state index is -0.351. The largest absolute Gasteiger partial charge is 0.497 e. The number of methoxy groups -OCH3 is 1. The highest BCUT2D eigenvalue weighted by atomic mass is 16.6. The third-order valence-corrected chi connectivity index (χ3v) is 4.53. The first kappa shape index (κ1) is 15.6. The van der Waals surface area contributed by atoms with Gasteiger partial charge in [-0.15, -0.1) is 0 Å². The molecule has 0 aliphatic heterocycles. The Morgan fingerprint density at radius 3 is 2.52 bits per heavy atom. The van der Waals surface area contributed by atoms with E-state index in [2.05, 4.69) is 12.2 Å². The van der Waals surface area contributed by atoms with Crippen LogP contribution in [0.4, 0.5) is 11.4 Å². The van der Waals surface area contributed by atoms with Crippen LogP contribution in [0, 0.1) is 22.0 Å². The number of nitrogens with zero attached hydrogens (tertiary/aromatic N) is 1. The van der Waals surface area contributed by atoms with Crippen LogP contribution in [0.1, 0.15) is 39.0 Å². The van der Waals surface area contributed by atoms with E-state index in [0.29, 0.717) is 17.4 Å². The summed E-state index contributed by atoms with van der Waals surface area (Å²) in [6.07, 6.45) is 6.25. The van der Waals surface area contributed by atoms with E-state index < -0.39 is 0 Å². The van der Waals surface area contributed by atoms with Gasteiger partial charge in [0.25, 0.3) is 5.69 Å². The van der Waals surface area contributed by atoms with E-state index >= 15 is 0 Å². The molecule has 0 heterocycles. The fourth-order valence-electron chi connectivity index (χ4n) is 3.04. The molecule has 1 aliphatic rings. The van der Waals surface area contributed by atoms with Crippen molar-refractivity contribution in [2.24, 2.45) is 11.8 Å². The average Bonchev–Trinajstić information content (AvgIpc) is 2.52. The summed E-state index contributed by atoms with van der Waals surface area (Å²) < 4.78 is 5.15. The van der Waals surface area contributed by atoms with Crippen LogP contribution in [0.15, 0.2) is 18.2 Å². The summed E-state index contributed by atoms with van der Waals surface area (Å²) in [6.45, 7) is 3.05. The number of ether oxygens (including phenoxy) is 1. The van der Waals surface area contributed by atoms with Gasteiger partial charge >= 0.3 is 0 Å². The molecule has 0 unspecified atom stereocenters. The molecular weight excluding hydrogens is 268 g/mol. The molecule has 21 heavy (non-hydrogen) atoms. The quantitative estimate of drug-likeness (QED) is 0.629. The fourth-order valence-corrected chi connectivity index (χ4v) is 3.04. The van der Waals surface area contributed by atoms with Crippen LogP contribution in [0.25, 0.3) is 0 Å². The third kappa shape index (κ3) is 4.09. The summed E-state index contributed by atoms with van der Waals surface area (Å²) >= 11 is 0. The van der Waals surface area contributed by atoms with Crippen molar-refractivity contribution in [3.63, 3.8) is 0 Å². The minimum absolute atomic E-state index is 0.109. The van der Waals surface area contributed by atoms with Gasteiger partial charge in [-0.3, -0.25) is 10.1 Å². The number of hydrogen-bond donors (Lipinski definition) is 1. The van der Waals surface area contributed by atoms with Gasteiger partial charge in [-0.2, -0.15) is 0 Å². The number of benzene rings is 1. The van der Waals surface area contributed by atoms with E-state index in [4.69, 9.17) is 4.74 Å². The van der Waals surface area contributed by atoms with Crippen molar-refractivity contribution in [3.05, 3.63) is 28.3 Å². The van der Waals surface area contributed by atoms with Crippen LogP contribution in [0.3, 0.4) is 0 Å². The normalized spacial score (nSPS) is 21.8. The molecule has 5 heteroatoms. The molecule has 0 bridgehead atoms. The lowest BCUT2D eigenvalue weighted by molar-refractivity contribution is -0.384. The molecule has 0 atom stereocenters. The van der Waals surface area contributed by atoms with Crippen LogP contribution < -0.4 is 10.1 Å². The number of nitro benzene ring substituents is 1. The summed E-state index contributed by atoms with van der Waals surface area (Å²) in [6, 6.07) is 4.82. The van der Waals surface area contributed by atoms with Gasteiger partial charge in [-0.1, -0.05) is 26.2 Å². The molecule has 0 aromatic heterocycles. The second-order valence-corrected chi connectivity index (χ2v) is 5.82. The predicted octanol–water partition coefficient (Wildman–Crippen LogP) is 4.23. The Bertz CT molecular complexity index is 482. The lowest BCUT2D eigenvalue weighted by Gasteiger charge is -2.28. The van der Waals surface area contributed by atoms with Crippen LogP contribution in [0.5, 0.6) is 5.75 Å². The molecule has 1 aliphatic carbocycles.